The number of carbonyl (C=O) groups is 1. The molecule has 31 heavy (non-hydrogen) atoms. The van der Waals surface area contributed by atoms with E-state index in [1.807, 2.05) is 67.3 Å². The Balaban J connectivity index is 1.46. The van der Waals surface area contributed by atoms with Gasteiger partial charge in [-0.3, -0.25) is 4.79 Å². The maximum atomic E-state index is 13.2. The fourth-order valence-electron chi connectivity index (χ4n) is 3.29. The molecule has 0 spiro atoms. The van der Waals surface area contributed by atoms with Crippen LogP contribution in [0.3, 0.4) is 0 Å². The number of aryl methyl sites for hydroxylation is 2. The minimum absolute atomic E-state index is 0.0193. The summed E-state index contributed by atoms with van der Waals surface area (Å²) < 4.78 is 17.0. The van der Waals surface area contributed by atoms with Gasteiger partial charge in [0.05, 0.1) is 13.2 Å². The molecule has 0 N–H and O–H groups in total. The monoisotopic (exact) mass is 439 g/mol. The van der Waals surface area contributed by atoms with E-state index in [2.05, 4.69) is 10.2 Å². The number of ether oxygens (including phenoxy) is 2. The van der Waals surface area contributed by atoms with Crippen LogP contribution in [0.4, 0.5) is 0 Å². The van der Waals surface area contributed by atoms with E-state index in [4.69, 9.17) is 13.9 Å². The van der Waals surface area contributed by atoms with Crippen molar-refractivity contribution in [1.29, 1.82) is 0 Å². The molecular weight excluding hydrogens is 414 g/mol. The number of carbonyl (C=O) groups excluding carboxylic acids is 1. The van der Waals surface area contributed by atoms with E-state index < -0.39 is 5.25 Å². The van der Waals surface area contributed by atoms with Gasteiger partial charge >= 0.3 is 0 Å². The van der Waals surface area contributed by atoms with Crippen LogP contribution >= 0.6 is 11.8 Å². The Hall–Kier alpha value is -2.84. The smallest absolute Gasteiger partial charge is 0.277 e. The number of morpholine rings is 1. The molecule has 7 nitrogen and oxygen atoms in total. The average molecular weight is 440 g/mol. The molecule has 3 aromatic rings. The van der Waals surface area contributed by atoms with Gasteiger partial charge in [-0.25, -0.2) is 0 Å². The number of hydrogen-bond acceptors (Lipinski definition) is 7. The van der Waals surface area contributed by atoms with Gasteiger partial charge in [-0.1, -0.05) is 42.5 Å². The fourth-order valence-corrected chi connectivity index (χ4v) is 4.26. The van der Waals surface area contributed by atoms with E-state index in [-0.39, 0.29) is 12.5 Å². The highest BCUT2D eigenvalue weighted by molar-refractivity contribution is 8.00. The van der Waals surface area contributed by atoms with Crippen LogP contribution < -0.4 is 4.74 Å². The zero-order chi connectivity index (χ0) is 21.6. The first-order chi connectivity index (χ1) is 15.1. The summed E-state index contributed by atoms with van der Waals surface area (Å²) in [4.78, 5) is 15.1. The quantitative estimate of drug-likeness (QED) is 0.516. The highest BCUT2D eigenvalue weighted by Gasteiger charge is 2.30. The van der Waals surface area contributed by atoms with Gasteiger partial charge in [0.2, 0.25) is 5.91 Å². The molecule has 0 unspecified atom stereocenters. The summed E-state index contributed by atoms with van der Waals surface area (Å²) >= 11 is 1.26. The van der Waals surface area contributed by atoms with Crippen molar-refractivity contribution in [2.24, 2.45) is 0 Å². The molecule has 1 aliphatic heterocycles. The van der Waals surface area contributed by atoms with Crippen LogP contribution in [0, 0.1) is 13.8 Å². The molecular formula is C23H25N3O4S. The van der Waals surface area contributed by atoms with Crippen LogP contribution in [0.2, 0.25) is 0 Å². The van der Waals surface area contributed by atoms with Crippen LogP contribution in [0.25, 0.3) is 0 Å². The van der Waals surface area contributed by atoms with Crippen molar-refractivity contribution in [3.05, 3.63) is 71.1 Å². The van der Waals surface area contributed by atoms with Gasteiger partial charge in [-0.15, -0.1) is 10.2 Å². The first-order valence-electron chi connectivity index (χ1n) is 10.2. The molecule has 0 aliphatic carbocycles. The standard InChI is InChI=1S/C23H25N3O4S/c1-16-8-9-17(2)19(14-16)29-15-20-24-25-23(30-20)31-21(18-6-4-3-5-7-18)22(27)26-10-12-28-13-11-26/h3-9,14,21H,10-13,15H2,1-2H3/t21-/m0/s1. The number of amides is 1. The van der Waals surface area contributed by atoms with Crippen molar-refractivity contribution >= 4 is 17.7 Å². The molecule has 2 aromatic carbocycles. The Morgan fingerprint density at radius 3 is 2.68 bits per heavy atom. The zero-order valence-electron chi connectivity index (χ0n) is 17.6. The summed E-state index contributed by atoms with van der Waals surface area (Å²) in [5.41, 5.74) is 3.06. The molecule has 0 saturated carbocycles. The molecule has 1 aromatic heterocycles. The molecule has 1 fully saturated rings. The molecule has 4 rings (SSSR count). The third-order valence-corrected chi connectivity index (χ3v) is 6.09. The summed E-state index contributed by atoms with van der Waals surface area (Å²) in [5, 5.41) is 8.10. The van der Waals surface area contributed by atoms with Gasteiger partial charge in [0.1, 0.15) is 11.0 Å². The number of aromatic nitrogens is 2. The Labute approximate surface area is 185 Å². The highest BCUT2D eigenvalue weighted by Crippen LogP contribution is 2.36. The minimum Gasteiger partial charge on any atom is -0.484 e. The van der Waals surface area contributed by atoms with E-state index in [9.17, 15) is 4.79 Å². The number of benzene rings is 2. The Morgan fingerprint density at radius 1 is 1.13 bits per heavy atom. The first kappa shape index (κ1) is 21.4. The van der Waals surface area contributed by atoms with E-state index >= 15 is 0 Å². The maximum Gasteiger partial charge on any atom is 0.277 e. The number of thioether (sulfide) groups is 1. The summed E-state index contributed by atoms with van der Waals surface area (Å²) in [6.07, 6.45) is 0. The van der Waals surface area contributed by atoms with Crippen LogP contribution in [-0.2, 0) is 16.1 Å². The third kappa shape index (κ3) is 5.45. The second kappa shape index (κ2) is 9.98. The van der Waals surface area contributed by atoms with Crippen LogP contribution in [0.15, 0.2) is 58.2 Å². The zero-order valence-corrected chi connectivity index (χ0v) is 18.4. The van der Waals surface area contributed by atoms with Crippen molar-refractivity contribution < 1.29 is 18.7 Å². The van der Waals surface area contributed by atoms with Crippen molar-refractivity contribution in [2.45, 2.75) is 30.9 Å². The van der Waals surface area contributed by atoms with Gasteiger partial charge in [0.25, 0.3) is 11.1 Å². The van der Waals surface area contributed by atoms with Gasteiger partial charge in [0, 0.05) is 13.1 Å². The normalized spacial score (nSPS) is 15.0. The van der Waals surface area contributed by atoms with Crippen molar-refractivity contribution in [3.8, 4) is 5.75 Å². The van der Waals surface area contributed by atoms with Crippen molar-refractivity contribution in [2.75, 3.05) is 26.3 Å². The van der Waals surface area contributed by atoms with E-state index in [0.717, 1.165) is 22.4 Å². The van der Waals surface area contributed by atoms with E-state index in [0.29, 0.717) is 37.4 Å². The van der Waals surface area contributed by atoms with Crippen molar-refractivity contribution in [3.63, 3.8) is 0 Å². The summed E-state index contributed by atoms with van der Waals surface area (Å²) in [5.74, 6) is 1.18. The lowest BCUT2D eigenvalue weighted by Crippen LogP contribution is -2.42. The third-order valence-electron chi connectivity index (χ3n) is 5.01. The van der Waals surface area contributed by atoms with Crippen LogP contribution in [-0.4, -0.2) is 47.3 Å². The van der Waals surface area contributed by atoms with E-state index in [1.165, 1.54) is 11.8 Å². The molecule has 8 heteroatoms. The maximum absolute atomic E-state index is 13.2. The summed E-state index contributed by atoms with van der Waals surface area (Å²) in [6, 6.07) is 15.7. The first-order valence-corrected chi connectivity index (χ1v) is 11.1. The predicted octanol–water partition coefficient (Wildman–Crippen LogP) is 3.96. The van der Waals surface area contributed by atoms with Crippen LogP contribution in [0.1, 0.15) is 27.8 Å². The number of rotatable bonds is 7. The van der Waals surface area contributed by atoms with Gasteiger partial charge in [0.15, 0.2) is 6.61 Å². The second-order valence-corrected chi connectivity index (χ2v) is 8.42. The Bertz CT molecular complexity index is 1020. The number of nitrogens with zero attached hydrogens (tertiary/aromatic N) is 3. The lowest BCUT2D eigenvalue weighted by atomic mass is 10.1. The van der Waals surface area contributed by atoms with Crippen molar-refractivity contribution in [1.82, 2.24) is 15.1 Å². The molecule has 1 saturated heterocycles. The van der Waals surface area contributed by atoms with E-state index in [1.54, 1.807) is 0 Å². The van der Waals surface area contributed by atoms with Gasteiger partial charge in [-0.2, -0.15) is 0 Å². The highest BCUT2D eigenvalue weighted by atomic mass is 32.2. The Morgan fingerprint density at radius 2 is 1.90 bits per heavy atom. The lowest BCUT2D eigenvalue weighted by molar-refractivity contribution is -0.134. The predicted molar refractivity (Wildman–Crippen MR) is 117 cm³/mol. The second-order valence-electron chi connectivity index (χ2n) is 7.37. The Kier molecular flexibility index (Phi) is 6.89. The molecule has 2 heterocycles. The summed E-state index contributed by atoms with van der Waals surface area (Å²) in [7, 11) is 0. The fraction of sp³-hybridized carbons (Fsp3) is 0.348. The largest absolute Gasteiger partial charge is 0.484 e. The topological polar surface area (TPSA) is 77.7 Å². The lowest BCUT2D eigenvalue weighted by Gasteiger charge is -2.29. The van der Waals surface area contributed by atoms with Gasteiger partial charge in [-0.05, 0) is 48.4 Å². The molecule has 1 atom stereocenters. The SMILES string of the molecule is Cc1ccc(C)c(OCc2nnc(S[C@H](C(=O)N3CCOCC3)c3ccccc3)o2)c1. The molecule has 162 valence electrons. The molecule has 0 bridgehead atoms. The number of hydrogen-bond donors (Lipinski definition) is 0. The molecule has 1 aliphatic rings. The summed E-state index contributed by atoms with van der Waals surface area (Å²) in [6.45, 7) is 6.46. The van der Waals surface area contributed by atoms with Gasteiger partial charge < -0.3 is 18.8 Å². The van der Waals surface area contributed by atoms with Crippen LogP contribution in [0.5, 0.6) is 5.75 Å². The minimum atomic E-state index is -0.465. The average Bonchev–Trinajstić information content (AvgIpc) is 3.26. The molecule has 1 amide bonds. The molecule has 0 radical (unpaired) electrons.